The molecule has 2 N–H and O–H groups in total. The van der Waals surface area contributed by atoms with E-state index in [1.807, 2.05) is 18.2 Å². The van der Waals surface area contributed by atoms with Crippen LogP contribution in [0.2, 0.25) is 0 Å². The van der Waals surface area contributed by atoms with Crippen LogP contribution in [0, 0.1) is 5.92 Å². The number of nitrogens with one attached hydrogen (secondary N) is 2. The monoisotopic (exact) mass is 331 g/mol. The highest BCUT2D eigenvalue weighted by molar-refractivity contribution is 5.86. The Bertz CT molecular complexity index is 544. The minimum absolute atomic E-state index is 0.0269. The number of hydrogen-bond acceptors (Lipinski definition) is 3. The number of guanidine groups is 1. The van der Waals surface area contributed by atoms with Gasteiger partial charge in [0.15, 0.2) is 5.96 Å². The molecule has 6 heteroatoms. The van der Waals surface area contributed by atoms with Crippen molar-refractivity contribution in [1.82, 2.24) is 20.5 Å². The number of aromatic nitrogens is 1. The number of carbonyl (C=O) groups is 1. The quantitative estimate of drug-likeness (QED) is 0.637. The van der Waals surface area contributed by atoms with E-state index >= 15 is 0 Å². The van der Waals surface area contributed by atoms with Crippen molar-refractivity contribution in [2.45, 2.75) is 45.2 Å². The molecule has 6 nitrogen and oxygen atoms in total. The minimum atomic E-state index is 0.0269. The van der Waals surface area contributed by atoms with Crippen LogP contribution in [0.4, 0.5) is 0 Å². The van der Waals surface area contributed by atoms with Crippen LogP contribution >= 0.6 is 0 Å². The summed E-state index contributed by atoms with van der Waals surface area (Å²) in [6.45, 7) is 3.01. The third-order valence-corrected chi connectivity index (χ3v) is 4.46. The van der Waals surface area contributed by atoms with Crippen LogP contribution in [0.15, 0.2) is 29.4 Å². The molecule has 2 unspecified atom stereocenters. The van der Waals surface area contributed by atoms with Gasteiger partial charge in [0.05, 0.1) is 18.8 Å². The van der Waals surface area contributed by atoms with Gasteiger partial charge >= 0.3 is 0 Å². The lowest BCUT2D eigenvalue weighted by atomic mass is 9.86. The first-order chi connectivity index (χ1) is 11.6. The lowest BCUT2D eigenvalue weighted by Gasteiger charge is -2.31. The fraction of sp³-hybridized carbons (Fsp3) is 0.611. The maximum Gasteiger partial charge on any atom is 0.241 e. The Morgan fingerprint density at radius 2 is 2.12 bits per heavy atom. The molecule has 132 valence electrons. The van der Waals surface area contributed by atoms with Gasteiger partial charge in [0.2, 0.25) is 5.91 Å². The molecular formula is C18H29N5O. The minimum Gasteiger partial charge on any atom is -0.353 e. The van der Waals surface area contributed by atoms with Gasteiger partial charge in [0.1, 0.15) is 0 Å². The molecule has 0 spiro atoms. The van der Waals surface area contributed by atoms with Crippen molar-refractivity contribution in [3.63, 3.8) is 0 Å². The van der Waals surface area contributed by atoms with Gasteiger partial charge in [0.25, 0.3) is 0 Å². The SMILES string of the molecule is CC1CCCCC1NC(=NCc1ccccn1)NCC(=O)N(C)C. The molecule has 0 radical (unpaired) electrons. The highest BCUT2D eigenvalue weighted by Crippen LogP contribution is 2.23. The molecule has 1 aromatic heterocycles. The second-order valence-electron chi connectivity index (χ2n) is 6.64. The zero-order valence-electron chi connectivity index (χ0n) is 15.0. The molecule has 1 saturated carbocycles. The van der Waals surface area contributed by atoms with Crippen LogP contribution in [0.25, 0.3) is 0 Å². The summed E-state index contributed by atoms with van der Waals surface area (Å²) in [4.78, 5) is 22.3. The van der Waals surface area contributed by atoms with E-state index in [4.69, 9.17) is 0 Å². The second kappa shape index (κ2) is 9.25. The number of amides is 1. The summed E-state index contributed by atoms with van der Waals surface area (Å²) in [5.74, 6) is 1.33. The second-order valence-corrected chi connectivity index (χ2v) is 6.64. The molecule has 1 fully saturated rings. The number of carbonyl (C=O) groups excluding carboxylic acids is 1. The zero-order chi connectivity index (χ0) is 17.4. The van der Waals surface area contributed by atoms with Gasteiger partial charge in [-0.2, -0.15) is 0 Å². The molecule has 0 aliphatic heterocycles. The average molecular weight is 331 g/mol. The Labute approximate surface area is 144 Å². The van der Waals surface area contributed by atoms with Gasteiger partial charge in [-0.15, -0.1) is 0 Å². The molecule has 24 heavy (non-hydrogen) atoms. The van der Waals surface area contributed by atoms with E-state index in [1.54, 1.807) is 25.2 Å². The van der Waals surface area contributed by atoms with Crippen LogP contribution in [0.3, 0.4) is 0 Å². The van der Waals surface area contributed by atoms with E-state index in [0.717, 1.165) is 12.1 Å². The number of likely N-dealkylation sites (N-methyl/N-ethyl adjacent to an activating group) is 1. The first-order valence-electron chi connectivity index (χ1n) is 8.71. The summed E-state index contributed by atoms with van der Waals surface area (Å²) in [5, 5.41) is 6.67. The van der Waals surface area contributed by atoms with Gasteiger partial charge in [-0.25, -0.2) is 4.99 Å². The van der Waals surface area contributed by atoms with Gasteiger partial charge in [-0.1, -0.05) is 25.8 Å². The molecule has 1 amide bonds. The van der Waals surface area contributed by atoms with Crippen LogP contribution in [-0.4, -0.2) is 48.4 Å². The van der Waals surface area contributed by atoms with Crippen molar-refractivity contribution in [2.24, 2.45) is 10.9 Å². The predicted octanol–water partition coefficient (Wildman–Crippen LogP) is 1.78. The fourth-order valence-corrected chi connectivity index (χ4v) is 2.83. The van der Waals surface area contributed by atoms with E-state index in [9.17, 15) is 4.79 Å². The highest BCUT2D eigenvalue weighted by Gasteiger charge is 2.22. The summed E-state index contributed by atoms with van der Waals surface area (Å²) >= 11 is 0. The standard InChI is InChI=1S/C18H29N5O/c1-14-8-4-5-10-16(14)22-18(21-13-17(24)23(2)3)20-12-15-9-6-7-11-19-15/h6-7,9,11,14,16H,4-5,8,10,12-13H2,1-3H3,(H2,20,21,22). The molecule has 1 aliphatic rings. The molecule has 1 aromatic rings. The maximum absolute atomic E-state index is 11.8. The molecule has 0 saturated heterocycles. The predicted molar refractivity (Wildman–Crippen MR) is 96.6 cm³/mol. The van der Waals surface area contributed by atoms with E-state index in [0.29, 0.717) is 24.5 Å². The summed E-state index contributed by atoms with van der Waals surface area (Å²) in [7, 11) is 3.51. The molecule has 1 aliphatic carbocycles. The topological polar surface area (TPSA) is 69.6 Å². The third kappa shape index (κ3) is 5.83. The van der Waals surface area contributed by atoms with Crippen LogP contribution in [0.5, 0.6) is 0 Å². The third-order valence-electron chi connectivity index (χ3n) is 4.46. The normalized spacial score (nSPS) is 21.2. The molecule has 2 atom stereocenters. The van der Waals surface area contributed by atoms with Gasteiger partial charge in [-0.3, -0.25) is 9.78 Å². The van der Waals surface area contributed by atoms with Crippen molar-refractivity contribution in [3.8, 4) is 0 Å². The van der Waals surface area contributed by atoms with E-state index in [-0.39, 0.29) is 12.5 Å². The van der Waals surface area contributed by atoms with Crippen molar-refractivity contribution >= 4 is 11.9 Å². The first kappa shape index (κ1) is 18.2. The summed E-state index contributed by atoms with van der Waals surface area (Å²) in [6, 6.07) is 6.21. The zero-order valence-corrected chi connectivity index (χ0v) is 15.0. The Morgan fingerprint density at radius 3 is 2.79 bits per heavy atom. The number of aliphatic imine (C=N–C) groups is 1. The molecule has 0 aromatic carbocycles. The van der Waals surface area contributed by atoms with Crippen LogP contribution in [-0.2, 0) is 11.3 Å². The molecule has 1 heterocycles. The first-order valence-corrected chi connectivity index (χ1v) is 8.71. The lowest BCUT2D eigenvalue weighted by molar-refractivity contribution is -0.127. The number of pyridine rings is 1. The van der Waals surface area contributed by atoms with E-state index in [2.05, 4.69) is 27.5 Å². The summed E-state index contributed by atoms with van der Waals surface area (Å²) in [5.41, 5.74) is 0.911. The Hall–Kier alpha value is -2.11. The fourth-order valence-electron chi connectivity index (χ4n) is 2.83. The summed E-state index contributed by atoms with van der Waals surface area (Å²) in [6.07, 6.45) is 6.69. The largest absolute Gasteiger partial charge is 0.353 e. The van der Waals surface area contributed by atoms with Crippen LogP contribution in [0.1, 0.15) is 38.3 Å². The maximum atomic E-state index is 11.8. The Morgan fingerprint density at radius 1 is 1.33 bits per heavy atom. The number of nitrogens with zero attached hydrogens (tertiary/aromatic N) is 3. The summed E-state index contributed by atoms with van der Waals surface area (Å²) < 4.78 is 0. The van der Waals surface area contributed by atoms with Gasteiger partial charge in [-0.05, 0) is 30.9 Å². The Kier molecular flexibility index (Phi) is 7.03. The van der Waals surface area contributed by atoms with Gasteiger partial charge < -0.3 is 15.5 Å². The average Bonchev–Trinajstić information content (AvgIpc) is 2.59. The lowest BCUT2D eigenvalue weighted by Crippen LogP contribution is -2.49. The number of rotatable bonds is 5. The van der Waals surface area contributed by atoms with Crippen molar-refractivity contribution < 1.29 is 4.79 Å². The highest BCUT2D eigenvalue weighted by atomic mass is 16.2. The van der Waals surface area contributed by atoms with Crippen molar-refractivity contribution in [2.75, 3.05) is 20.6 Å². The molecule has 0 bridgehead atoms. The van der Waals surface area contributed by atoms with Crippen molar-refractivity contribution in [3.05, 3.63) is 30.1 Å². The van der Waals surface area contributed by atoms with Crippen LogP contribution < -0.4 is 10.6 Å². The van der Waals surface area contributed by atoms with E-state index < -0.39 is 0 Å². The smallest absolute Gasteiger partial charge is 0.241 e. The molecule has 2 rings (SSSR count). The van der Waals surface area contributed by atoms with E-state index in [1.165, 1.54) is 19.3 Å². The Balaban J connectivity index is 2.00. The van der Waals surface area contributed by atoms with Crippen molar-refractivity contribution in [1.29, 1.82) is 0 Å². The number of hydrogen-bond donors (Lipinski definition) is 2. The molecular weight excluding hydrogens is 302 g/mol. The van der Waals surface area contributed by atoms with Gasteiger partial charge in [0, 0.05) is 26.3 Å².